The molecular formula is C17H16FN3O3. The Hall–Kier alpha value is -2.83. The van der Waals surface area contributed by atoms with Crippen molar-refractivity contribution in [2.75, 3.05) is 0 Å². The molecule has 2 atom stereocenters. The van der Waals surface area contributed by atoms with Crippen LogP contribution < -0.4 is 5.32 Å². The monoisotopic (exact) mass is 329 g/mol. The third kappa shape index (κ3) is 3.56. The number of hydrogen-bond donors (Lipinski definition) is 2. The molecule has 0 spiro atoms. The number of carbonyl (C=O) groups is 2. The van der Waals surface area contributed by atoms with Crippen LogP contribution in [-0.2, 0) is 0 Å². The van der Waals surface area contributed by atoms with Gasteiger partial charge in [0.1, 0.15) is 11.5 Å². The summed E-state index contributed by atoms with van der Waals surface area (Å²) >= 11 is 0. The van der Waals surface area contributed by atoms with Crippen molar-refractivity contribution in [3.8, 4) is 0 Å². The summed E-state index contributed by atoms with van der Waals surface area (Å²) in [4.78, 5) is 30.4. The molecule has 1 aliphatic rings. The molecule has 124 valence electrons. The van der Waals surface area contributed by atoms with Crippen molar-refractivity contribution in [1.29, 1.82) is 0 Å². The van der Waals surface area contributed by atoms with E-state index in [0.29, 0.717) is 0 Å². The Bertz CT molecular complexity index is 747. The van der Waals surface area contributed by atoms with Crippen LogP contribution in [0.5, 0.6) is 0 Å². The summed E-state index contributed by atoms with van der Waals surface area (Å²) in [7, 11) is 0. The Kier molecular flexibility index (Phi) is 4.50. The van der Waals surface area contributed by atoms with Crippen molar-refractivity contribution in [2.24, 2.45) is 0 Å². The second-order valence-electron chi connectivity index (χ2n) is 5.82. The third-order valence-corrected chi connectivity index (χ3v) is 4.21. The Morgan fingerprint density at radius 2 is 1.75 bits per heavy atom. The molecule has 6 nitrogen and oxygen atoms in total. The second kappa shape index (κ2) is 6.74. The molecule has 0 bridgehead atoms. The van der Waals surface area contributed by atoms with Crippen molar-refractivity contribution in [1.82, 2.24) is 15.3 Å². The largest absolute Gasteiger partial charge is 0.476 e. The number of halogens is 1. The molecule has 1 fully saturated rings. The first-order valence-corrected chi connectivity index (χ1v) is 7.64. The number of carbonyl (C=O) groups excluding carboxylic acids is 1. The summed E-state index contributed by atoms with van der Waals surface area (Å²) in [5.41, 5.74) is 0.952. The fourth-order valence-corrected chi connectivity index (χ4v) is 2.97. The van der Waals surface area contributed by atoms with Gasteiger partial charge in [0, 0.05) is 6.04 Å². The van der Waals surface area contributed by atoms with Crippen LogP contribution in [-0.4, -0.2) is 33.0 Å². The zero-order chi connectivity index (χ0) is 17.1. The van der Waals surface area contributed by atoms with Gasteiger partial charge in [0.05, 0.1) is 12.4 Å². The first kappa shape index (κ1) is 16.0. The number of nitrogens with zero attached hydrogens (tertiary/aromatic N) is 2. The molecule has 2 unspecified atom stereocenters. The van der Waals surface area contributed by atoms with Crippen molar-refractivity contribution in [3.63, 3.8) is 0 Å². The predicted octanol–water partition coefficient (Wildman–Crippen LogP) is 2.38. The van der Waals surface area contributed by atoms with Crippen LogP contribution in [0.15, 0.2) is 36.7 Å². The van der Waals surface area contributed by atoms with Gasteiger partial charge in [-0.25, -0.2) is 19.2 Å². The molecule has 1 heterocycles. The van der Waals surface area contributed by atoms with Gasteiger partial charge in [-0.05, 0) is 42.9 Å². The lowest BCUT2D eigenvalue weighted by molar-refractivity contribution is 0.0689. The fourth-order valence-electron chi connectivity index (χ4n) is 2.97. The minimum absolute atomic E-state index is 0.00787. The molecule has 1 amide bonds. The SMILES string of the molecule is O=C(O)c1cnc(C(=O)NC2CCC(c3ccc(F)cc3)C2)cn1. The second-order valence-corrected chi connectivity index (χ2v) is 5.82. The lowest BCUT2D eigenvalue weighted by Gasteiger charge is -2.13. The molecule has 0 saturated heterocycles. The van der Waals surface area contributed by atoms with Crippen molar-refractivity contribution >= 4 is 11.9 Å². The van der Waals surface area contributed by atoms with Crippen LogP contribution >= 0.6 is 0 Å². The van der Waals surface area contributed by atoms with Crippen LogP contribution in [0.3, 0.4) is 0 Å². The van der Waals surface area contributed by atoms with E-state index in [2.05, 4.69) is 15.3 Å². The quantitative estimate of drug-likeness (QED) is 0.898. The highest BCUT2D eigenvalue weighted by atomic mass is 19.1. The van der Waals surface area contributed by atoms with Crippen LogP contribution in [0.1, 0.15) is 51.7 Å². The molecule has 1 aliphatic carbocycles. The molecule has 1 aromatic heterocycles. The highest BCUT2D eigenvalue weighted by molar-refractivity contribution is 5.92. The van der Waals surface area contributed by atoms with E-state index in [1.807, 2.05) is 0 Å². The Morgan fingerprint density at radius 3 is 2.38 bits per heavy atom. The van der Waals surface area contributed by atoms with E-state index < -0.39 is 5.97 Å². The molecule has 24 heavy (non-hydrogen) atoms. The predicted molar refractivity (Wildman–Crippen MR) is 83.2 cm³/mol. The van der Waals surface area contributed by atoms with Crippen LogP contribution in [0, 0.1) is 5.82 Å². The number of aromatic nitrogens is 2. The average molecular weight is 329 g/mol. The number of aromatic carboxylic acids is 1. The van der Waals surface area contributed by atoms with Crippen LogP contribution in [0.2, 0.25) is 0 Å². The van der Waals surface area contributed by atoms with E-state index in [-0.39, 0.29) is 35.1 Å². The van der Waals surface area contributed by atoms with Gasteiger partial charge in [-0.3, -0.25) is 4.79 Å². The first-order valence-electron chi connectivity index (χ1n) is 7.64. The van der Waals surface area contributed by atoms with E-state index in [4.69, 9.17) is 5.11 Å². The number of benzene rings is 1. The van der Waals surface area contributed by atoms with E-state index in [9.17, 15) is 14.0 Å². The third-order valence-electron chi connectivity index (χ3n) is 4.21. The molecule has 3 rings (SSSR count). The van der Waals surface area contributed by atoms with Gasteiger partial charge in [-0.1, -0.05) is 12.1 Å². The van der Waals surface area contributed by atoms with Gasteiger partial charge in [0.25, 0.3) is 5.91 Å². The topological polar surface area (TPSA) is 92.2 Å². The van der Waals surface area contributed by atoms with Gasteiger partial charge in [0.2, 0.25) is 0 Å². The van der Waals surface area contributed by atoms with Gasteiger partial charge >= 0.3 is 5.97 Å². The van der Waals surface area contributed by atoms with Crippen LogP contribution in [0.25, 0.3) is 0 Å². The van der Waals surface area contributed by atoms with E-state index >= 15 is 0 Å². The van der Waals surface area contributed by atoms with Crippen molar-refractivity contribution in [2.45, 2.75) is 31.2 Å². The number of hydrogen-bond acceptors (Lipinski definition) is 4. The number of amides is 1. The molecule has 1 saturated carbocycles. The van der Waals surface area contributed by atoms with Crippen molar-refractivity contribution in [3.05, 3.63) is 59.4 Å². The van der Waals surface area contributed by atoms with Gasteiger partial charge < -0.3 is 10.4 Å². The fraction of sp³-hybridized carbons (Fsp3) is 0.294. The molecular weight excluding hydrogens is 313 g/mol. The summed E-state index contributed by atoms with van der Waals surface area (Å²) in [5.74, 6) is -1.53. The molecule has 0 radical (unpaired) electrons. The summed E-state index contributed by atoms with van der Waals surface area (Å²) in [6, 6.07) is 6.45. The summed E-state index contributed by atoms with van der Waals surface area (Å²) < 4.78 is 13.0. The Morgan fingerprint density at radius 1 is 1.08 bits per heavy atom. The molecule has 0 aliphatic heterocycles. The zero-order valence-electron chi connectivity index (χ0n) is 12.8. The maximum Gasteiger partial charge on any atom is 0.356 e. The minimum Gasteiger partial charge on any atom is -0.476 e. The molecule has 2 aromatic rings. The summed E-state index contributed by atoms with van der Waals surface area (Å²) in [6.07, 6.45) is 4.74. The smallest absolute Gasteiger partial charge is 0.356 e. The Balaban J connectivity index is 1.59. The normalized spacial score (nSPS) is 19.9. The molecule has 7 heteroatoms. The molecule has 2 N–H and O–H groups in total. The van der Waals surface area contributed by atoms with E-state index in [1.165, 1.54) is 12.1 Å². The Labute approximate surface area is 137 Å². The lowest BCUT2D eigenvalue weighted by atomic mass is 9.97. The van der Waals surface area contributed by atoms with E-state index in [1.54, 1.807) is 12.1 Å². The molecule has 1 aromatic carbocycles. The van der Waals surface area contributed by atoms with Gasteiger partial charge in [-0.15, -0.1) is 0 Å². The average Bonchev–Trinajstić information content (AvgIpc) is 3.04. The highest BCUT2D eigenvalue weighted by Gasteiger charge is 2.27. The van der Waals surface area contributed by atoms with Crippen LogP contribution in [0.4, 0.5) is 4.39 Å². The number of nitrogens with one attached hydrogen (secondary N) is 1. The summed E-state index contributed by atoms with van der Waals surface area (Å²) in [6.45, 7) is 0. The maximum absolute atomic E-state index is 13.0. The standard InChI is InChI=1S/C17H16FN3O3/c18-12-4-1-10(2-5-12)11-3-6-13(7-11)21-16(22)14-8-20-15(9-19-14)17(23)24/h1-2,4-5,8-9,11,13H,3,6-7H2,(H,21,22)(H,23,24). The lowest BCUT2D eigenvalue weighted by Crippen LogP contribution is -2.33. The minimum atomic E-state index is -1.19. The van der Waals surface area contributed by atoms with E-state index in [0.717, 1.165) is 37.2 Å². The number of carboxylic acids is 1. The first-order chi connectivity index (χ1) is 11.5. The van der Waals surface area contributed by atoms with Crippen molar-refractivity contribution < 1.29 is 19.1 Å². The highest BCUT2D eigenvalue weighted by Crippen LogP contribution is 2.34. The maximum atomic E-state index is 13.0. The number of carboxylic acid groups (broad SMARTS) is 1. The number of rotatable bonds is 4. The van der Waals surface area contributed by atoms with Gasteiger partial charge in [0.15, 0.2) is 5.69 Å². The summed E-state index contributed by atoms with van der Waals surface area (Å²) in [5, 5.41) is 11.7. The zero-order valence-corrected chi connectivity index (χ0v) is 12.8. The van der Waals surface area contributed by atoms with Gasteiger partial charge in [-0.2, -0.15) is 0 Å².